The fourth-order valence-corrected chi connectivity index (χ4v) is 5.21. The second-order valence-electron chi connectivity index (χ2n) is 8.45. The first kappa shape index (κ1) is 20.2. The van der Waals surface area contributed by atoms with Gasteiger partial charge in [0.25, 0.3) is 5.91 Å². The van der Waals surface area contributed by atoms with Crippen molar-refractivity contribution in [3.63, 3.8) is 0 Å². The first-order valence-electron chi connectivity index (χ1n) is 10.6. The number of benzene rings is 2. The number of aryl methyl sites for hydroxylation is 1. The van der Waals surface area contributed by atoms with Crippen LogP contribution in [-0.4, -0.2) is 55.8 Å². The van der Waals surface area contributed by atoms with Gasteiger partial charge in [0.1, 0.15) is 0 Å². The van der Waals surface area contributed by atoms with E-state index in [4.69, 9.17) is 0 Å². The number of hydrogen-bond donors (Lipinski definition) is 3. The molecule has 7 nitrogen and oxygen atoms in total. The van der Waals surface area contributed by atoms with Crippen LogP contribution in [0.15, 0.2) is 42.6 Å². The Kier molecular flexibility index (Phi) is 5.08. The summed E-state index contributed by atoms with van der Waals surface area (Å²) in [6.45, 7) is 3.15. The Morgan fingerprint density at radius 2 is 1.90 bits per heavy atom. The van der Waals surface area contributed by atoms with E-state index in [0.717, 1.165) is 46.1 Å². The molecule has 1 amide bonds. The number of aromatic nitrogens is 2. The van der Waals surface area contributed by atoms with Crippen LogP contribution in [0.4, 0.5) is 5.82 Å². The van der Waals surface area contributed by atoms with Gasteiger partial charge in [-0.25, -0.2) is 0 Å². The van der Waals surface area contributed by atoms with Crippen LogP contribution in [0.3, 0.4) is 0 Å². The van der Waals surface area contributed by atoms with E-state index in [1.165, 1.54) is 0 Å². The number of anilines is 1. The molecular weight excluding hydrogens is 412 g/mol. The van der Waals surface area contributed by atoms with Gasteiger partial charge in [-0.05, 0) is 60.7 Å². The zero-order valence-corrected chi connectivity index (χ0v) is 18.2. The first-order valence-corrected chi connectivity index (χ1v) is 12.4. The van der Waals surface area contributed by atoms with E-state index in [2.05, 4.69) is 32.5 Å². The van der Waals surface area contributed by atoms with Gasteiger partial charge in [0.2, 0.25) is 0 Å². The number of carbonyl (C=O) groups excluding carboxylic acids is 1. The highest BCUT2D eigenvalue weighted by Crippen LogP contribution is 2.42. The summed E-state index contributed by atoms with van der Waals surface area (Å²) in [4.78, 5) is 14.6. The largest absolute Gasteiger partial charge is 0.351 e. The number of amides is 1. The highest BCUT2D eigenvalue weighted by atomic mass is 32.3. The Balaban J connectivity index is 1.47. The smallest absolute Gasteiger partial charge is 0.251 e. The predicted molar refractivity (Wildman–Crippen MR) is 125 cm³/mol. The van der Waals surface area contributed by atoms with Crippen LogP contribution in [0.25, 0.3) is 21.9 Å². The summed E-state index contributed by atoms with van der Waals surface area (Å²) in [5.41, 5.74) is 3.83. The summed E-state index contributed by atoms with van der Waals surface area (Å²) in [5.74, 6) is 1.47. The molecule has 1 aliphatic heterocycles. The van der Waals surface area contributed by atoms with Crippen molar-refractivity contribution in [2.45, 2.75) is 25.8 Å². The molecule has 0 spiro atoms. The van der Waals surface area contributed by atoms with Crippen molar-refractivity contribution in [3.8, 4) is 11.1 Å². The molecule has 0 unspecified atom stereocenters. The number of nitrogens with one attached hydrogen (secondary N) is 1. The zero-order chi connectivity index (χ0) is 21.6. The minimum absolute atomic E-state index is 0.0197. The molecule has 0 bridgehead atoms. The molecule has 2 heterocycles. The van der Waals surface area contributed by atoms with Crippen LogP contribution in [0, 0.1) is 6.92 Å². The van der Waals surface area contributed by atoms with Gasteiger partial charge in [0.05, 0.1) is 17.7 Å². The molecule has 2 aliphatic rings. The maximum atomic E-state index is 12.5. The van der Waals surface area contributed by atoms with Crippen molar-refractivity contribution in [2.75, 3.05) is 29.5 Å². The van der Waals surface area contributed by atoms with Gasteiger partial charge in [-0.1, -0.05) is 12.1 Å². The molecular formula is C23H26N4O3S. The van der Waals surface area contributed by atoms with Crippen molar-refractivity contribution < 1.29 is 13.9 Å². The summed E-state index contributed by atoms with van der Waals surface area (Å²) in [6, 6.07) is 12.3. The van der Waals surface area contributed by atoms with Crippen molar-refractivity contribution in [1.82, 2.24) is 15.5 Å². The molecule has 3 aromatic rings. The van der Waals surface area contributed by atoms with Crippen LogP contribution < -0.4 is 10.2 Å². The molecule has 162 valence electrons. The minimum Gasteiger partial charge on any atom is -0.351 e. The van der Waals surface area contributed by atoms with Crippen molar-refractivity contribution >= 4 is 33.1 Å². The Morgan fingerprint density at radius 3 is 2.65 bits per heavy atom. The van der Waals surface area contributed by atoms with Crippen LogP contribution in [0.1, 0.15) is 28.8 Å². The van der Waals surface area contributed by atoms with Gasteiger partial charge >= 0.3 is 0 Å². The van der Waals surface area contributed by atoms with Crippen LogP contribution in [0.2, 0.25) is 0 Å². The number of rotatable bonds is 4. The third-order valence-electron chi connectivity index (χ3n) is 6.04. The molecule has 2 fully saturated rings. The van der Waals surface area contributed by atoms with E-state index in [0.29, 0.717) is 36.2 Å². The number of carbonyl (C=O) groups is 1. The van der Waals surface area contributed by atoms with E-state index >= 15 is 0 Å². The second-order valence-corrected chi connectivity index (χ2v) is 10.9. The minimum atomic E-state index is -2.46. The van der Waals surface area contributed by atoms with E-state index in [-0.39, 0.29) is 5.91 Å². The summed E-state index contributed by atoms with van der Waals surface area (Å²) in [7, 11) is -2.46. The normalized spacial score (nSPS) is 19.3. The maximum Gasteiger partial charge on any atom is 0.251 e. The summed E-state index contributed by atoms with van der Waals surface area (Å²) >= 11 is 0. The third-order valence-corrected chi connectivity index (χ3v) is 7.71. The average molecular weight is 439 g/mol. The molecule has 31 heavy (non-hydrogen) atoms. The number of nitrogens with zero attached hydrogens (tertiary/aromatic N) is 3. The zero-order valence-electron chi connectivity index (χ0n) is 17.4. The van der Waals surface area contributed by atoms with E-state index in [9.17, 15) is 13.9 Å². The topological polar surface area (TPSA) is 98.6 Å². The summed E-state index contributed by atoms with van der Waals surface area (Å²) < 4.78 is 19.8. The van der Waals surface area contributed by atoms with Crippen molar-refractivity contribution in [3.05, 3.63) is 53.7 Å². The van der Waals surface area contributed by atoms with Crippen LogP contribution >= 0.6 is 10.6 Å². The summed E-state index contributed by atoms with van der Waals surface area (Å²) in [5, 5.41) is 13.5. The SMILES string of the molecule is Cc1ccc(C(=O)NC2CC2)cc1-c1ccc2c(N3CCS(O)(O)CC3)nncc2c1. The molecule has 1 aromatic heterocycles. The standard InChI is InChI=1S/C23H26N4O3S/c1-15-2-3-17(23(28)25-19-5-6-19)13-21(15)16-4-7-20-18(12-16)14-24-26-22(20)27-8-10-31(29,30)11-9-27/h2-4,7,12-14,19,29-30H,5-6,8-11H2,1H3,(H,25,28). The Morgan fingerprint density at radius 1 is 1.13 bits per heavy atom. The van der Waals surface area contributed by atoms with E-state index in [1.807, 2.05) is 31.2 Å². The molecule has 1 aliphatic carbocycles. The molecule has 8 heteroatoms. The molecule has 2 aromatic carbocycles. The second kappa shape index (κ2) is 7.78. The van der Waals surface area contributed by atoms with Gasteiger partial charge in [-0.2, -0.15) is 15.7 Å². The monoisotopic (exact) mass is 438 g/mol. The maximum absolute atomic E-state index is 12.5. The highest BCUT2D eigenvalue weighted by molar-refractivity contribution is 8.24. The fraction of sp³-hybridized carbons (Fsp3) is 0.348. The average Bonchev–Trinajstić information content (AvgIpc) is 3.57. The van der Waals surface area contributed by atoms with E-state index < -0.39 is 10.6 Å². The Bertz CT molecular complexity index is 1150. The molecule has 0 atom stereocenters. The van der Waals surface area contributed by atoms with Gasteiger partial charge in [0, 0.05) is 35.5 Å². The Hall–Kier alpha value is -2.68. The molecule has 1 saturated heterocycles. The molecule has 5 rings (SSSR count). The van der Waals surface area contributed by atoms with E-state index in [1.54, 1.807) is 6.20 Å². The lowest BCUT2D eigenvalue weighted by atomic mass is 9.96. The summed E-state index contributed by atoms with van der Waals surface area (Å²) in [6.07, 6.45) is 3.88. The van der Waals surface area contributed by atoms with Gasteiger partial charge < -0.3 is 10.2 Å². The third kappa shape index (κ3) is 4.23. The lowest BCUT2D eigenvalue weighted by molar-refractivity contribution is 0.0951. The Labute approximate surface area is 182 Å². The van der Waals surface area contributed by atoms with Crippen LogP contribution in [0.5, 0.6) is 0 Å². The van der Waals surface area contributed by atoms with Crippen molar-refractivity contribution in [2.24, 2.45) is 0 Å². The van der Waals surface area contributed by atoms with Gasteiger partial charge in [-0.15, -0.1) is 5.10 Å². The number of hydrogen-bond acceptors (Lipinski definition) is 6. The predicted octanol–water partition coefficient (Wildman–Crippen LogP) is 4.07. The van der Waals surface area contributed by atoms with Gasteiger partial charge in [0.15, 0.2) is 5.82 Å². The lowest BCUT2D eigenvalue weighted by Gasteiger charge is -2.41. The highest BCUT2D eigenvalue weighted by Gasteiger charge is 2.25. The van der Waals surface area contributed by atoms with Crippen molar-refractivity contribution in [1.29, 1.82) is 0 Å². The van der Waals surface area contributed by atoms with Gasteiger partial charge in [-0.3, -0.25) is 13.9 Å². The number of fused-ring (bicyclic) bond motifs is 1. The fourth-order valence-electron chi connectivity index (χ4n) is 3.98. The quantitative estimate of drug-likeness (QED) is 0.568. The molecule has 3 N–H and O–H groups in total. The van der Waals surface area contributed by atoms with Crippen LogP contribution in [-0.2, 0) is 0 Å². The lowest BCUT2D eigenvalue weighted by Crippen LogP contribution is -2.38. The molecule has 0 radical (unpaired) electrons. The first-order chi connectivity index (χ1) is 14.9. The molecule has 1 saturated carbocycles.